The van der Waals surface area contributed by atoms with Crippen molar-refractivity contribution in [3.63, 3.8) is 0 Å². The third-order valence-electron chi connectivity index (χ3n) is 3.30. The van der Waals surface area contributed by atoms with E-state index >= 15 is 0 Å². The van der Waals surface area contributed by atoms with Crippen molar-refractivity contribution < 1.29 is 22.5 Å². The van der Waals surface area contributed by atoms with Crippen LogP contribution in [0.2, 0.25) is 0 Å². The van der Waals surface area contributed by atoms with Gasteiger partial charge in [-0.1, -0.05) is 0 Å². The van der Waals surface area contributed by atoms with Gasteiger partial charge >= 0.3 is 5.69 Å². The summed E-state index contributed by atoms with van der Waals surface area (Å²) in [7, 11) is -0.841. The van der Waals surface area contributed by atoms with E-state index in [1.165, 1.54) is 44.4 Å². The molecule has 0 bridgehead atoms. The lowest BCUT2D eigenvalue weighted by molar-refractivity contribution is -0.387. The summed E-state index contributed by atoms with van der Waals surface area (Å²) in [5.41, 5.74) is -0.571. The van der Waals surface area contributed by atoms with Gasteiger partial charge in [0.25, 0.3) is 5.91 Å². The molecule has 2 rings (SSSR count). The molecule has 1 amide bonds. The van der Waals surface area contributed by atoms with Crippen LogP contribution < -0.4 is 5.32 Å². The van der Waals surface area contributed by atoms with Crippen molar-refractivity contribution in [1.29, 1.82) is 0 Å². The van der Waals surface area contributed by atoms with Gasteiger partial charge in [0.1, 0.15) is 0 Å². The number of nitrogens with zero attached hydrogens (tertiary/aromatic N) is 2. The summed E-state index contributed by atoms with van der Waals surface area (Å²) >= 11 is 0. The predicted molar refractivity (Wildman–Crippen MR) is 88.3 cm³/mol. The molecule has 2 aromatic carbocycles. The number of benzene rings is 2. The van der Waals surface area contributed by atoms with Crippen LogP contribution in [0.1, 0.15) is 10.4 Å². The van der Waals surface area contributed by atoms with Crippen LogP contribution in [0.15, 0.2) is 47.4 Å². The van der Waals surface area contributed by atoms with E-state index in [1.54, 1.807) is 0 Å². The van der Waals surface area contributed by atoms with Crippen LogP contribution in [-0.4, -0.2) is 37.6 Å². The molecule has 1 N–H and O–H groups in total. The number of amides is 1. The van der Waals surface area contributed by atoms with Gasteiger partial charge in [0.2, 0.25) is 15.8 Å². The number of hydrogen-bond acceptors (Lipinski definition) is 5. The number of nitrogens with one attached hydrogen (secondary N) is 1. The van der Waals surface area contributed by atoms with Crippen LogP contribution in [0, 0.1) is 15.9 Å². The number of rotatable bonds is 5. The maximum Gasteiger partial charge on any atom is 0.306 e. The number of anilines is 1. The maximum atomic E-state index is 13.3. The lowest BCUT2D eigenvalue weighted by Gasteiger charge is -2.11. The first-order valence-corrected chi connectivity index (χ1v) is 8.35. The summed E-state index contributed by atoms with van der Waals surface area (Å²) in [6.45, 7) is 0. The Morgan fingerprint density at radius 2 is 1.76 bits per heavy atom. The molecule has 0 radical (unpaired) electrons. The van der Waals surface area contributed by atoms with Gasteiger partial charge in [-0.25, -0.2) is 12.7 Å². The van der Waals surface area contributed by atoms with Crippen LogP contribution >= 0.6 is 0 Å². The lowest BCUT2D eigenvalue weighted by atomic mass is 10.2. The summed E-state index contributed by atoms with van der Waals surface area (Å²) in [5.74, 6) is -1.63. The van der Waals surface area contributed by atoms with Crippen molar-refractivity contribution >= 4 is 27.3 Å². The zero-order valence-electron chi connectivity index (χ0n) is 13.3. The summed E-state index contributed by atoms with van der Waals surface area (Å²) in [6.07, 6.45) is 0. The van der Waals surface area contributed by atoms with E-state index in [2.05, 4.69) is 5.32 Å². The predicted octanol–water partition coefficient (Wildman–Crippen LogP) is 2.24. The molecule has 0 aromatic heterocycles. The van der Waals surface area contributed by atoms with Crippen molar-refractivity contribution in [3.05, 3.63) is 64.0 Å². The van der Waals surface area contributed by atoms with Crippen LogP contribution in [0.3, 0.4) is 0 Å². The quantitative estimate of drug-likeness (QED) is 0.644. The Bertz CT molecular complexity index is 927. The SMILES string of the molecule is CN(C)S(=O)(=O)c1ccc(C(=O)Nc2ccc(F)c([N+](=O)[O-])c2)cc1. The molecule has 0 aliphatic carbocycles. The van der Waals surface area contributed by atoms with Gasteiger partial charge < -0.3 is 5.32 Å². The molecule has 0 aliphatic rings. The fourth-order valence-corrected chi connectivity index (χ4v) is 2.82. The zero-order chi connectivity index (χ0) is 18.8. The van der Waals surface area contributed by atoms with Crippen molar-refractivity contribution in [1.82, 2.24) is 4.31 Å². The third kappa shape index (κ3) is 3.98. The highest BCUT2D eigenvalue weighted by atomic mass is 32.2. The maximum absolute atomic E-state index is 13.3. The Balaban J connectivity index is 2.22. The average Bonchev–Trinajstić information content (AvgIpc) is 2.56. The van der Waals surface area contributed by atoms with E-state index < -0.39 is 32.4 Å². The zero-order valence-corrected chi connectivity index (χ0v) is 14.1. The summed E-state index contributed by atoms with van der Waals surface area (Å²) in [5, 5.41) is 13.1. The van der Waals surface area contributed by atoms with Crippen LogP contribution in [0.4, 0.5) is 15.8 Å². The van der Waals surface area contributed by atoms with Crippen LogP contribution in [0.25, 0.3) is 0 Å². The molecule has 10 heteroatoms. The van der Waals surface area contributed by atoms with Crippen LogP contribution in [0.5, 0.6) is 0 Å². The van der Waals surface area contributed by atoms with Crippen LogP contribution in [-0.2, 0) is 10.0 Å². The van der Waals surface area contributed by atoms with Crippen molar-refractivity contribution in [3.8, 4) is 0 Å². The Morgan fingerprint density at radius 3 is 2.28 bits per heavy atom. The monoisotopic (exact) mass is 367 g/mol. The molecule has 0 heterocycles. The number of halogens is 1. The number of hydrogen-bond donors (Lipinski definition) is 1. The average molecular weight is 367 g/mol. The van der Waals surface area contributed by atoms with Crippen molar-refractivity contribution in [2.75, 3.05) is 19.4 Å². The minimum absolute atomic E-state index is 0.0199. The fourth-order valence-electron chi connectivity index (χ4n) is 1.92. The topological polar surface area (TPSA) is 110 Å². The molecule has 0 atom stereocenters. The third-order valence-corrected chi connectivity index (χ3v) is 5.13. The highest BCUT2D eigenvalue weighted by molar-refractivity contribution is 7.89. The van der Waals surface area contributed by atoms with E-state index in [0.717, 1.165) is 16.4 Å². The second kappa shape index (κ2) is 6.95. The van der Waals surface area contributed by atoms with Gasteiger partial charge in [-0.2, -0.15) is 4.39 Å². The van der Waals surface area contributed by atoms with E-state index in [9.17, 15) is 27.7 Å². The summed E-state index contributed by atoms with van der Waals surface area (Å²) in [6, 6.07) is 8.13. The molecule has 132 valence electrons. The molecule has 0 fully saturated rings. The van der Waals surface area contributed by atoms with Gasteiger partial charge in [-0.05, 0) is 36.4 Å². The Morgan fingerprint density at radius 1 is 1.16 bits per heavy atom. The molecule has 0 unspecified atom stereocenters. The summed E-state index contributed by atoms with van der Waals surface area (Å²) in [4.78, 5) is 22.0. The van der Waals surface area contributed by atoms with Crippen molar-refractivity contribution in [2.45, 2.75) is 4.90 Å². The highest BCUT2D eigenvalue weighted by Gasteiger charge is 2.18. The van der Waals surface area contributed by atoms with E-state index in [1.807, 2.05) is 0 Å². The van der Waals surface area contributed by atoms with Gasteiger partial charge in [0.05, 0.1) is 9.82 Å². The van der Waals surface area contributed by atoms with Crippen molar-refractivity contribution in [2.24, 2.45) is 0 Å². The van der Waals surface area contributed by atoms with Gasteiger partial charge in [-0.3, -0.25) is 14.9 Å². The number of carbonyl (C=O) groups excluding carboxylic acids is 1. The lowest BCUT2D eigenvalue weighted by Crippen LogP contribution is -2.22. The Hall–Kier alpha value is -2.85. The minimum atomic E-state index is -3.61. The smallest absolute Gasteiger partial charge is 0.306 e. The molecule has 0 spiro atoms. The normalized spacial score (nSPS) is 11.4. The molecule has 2 aromatic rings. The molecule has 0 saturated heterocycles. The molecule has 0 saturated carbocycles. The fraction of sp³-hybridized carbons (Fsp3) is 0.133. The number of nitro benzene ring substituents is 1. The second-order valence-corrected chi connectivity index (χ2v) is 7.34. The first kappa shape index (κ1) is 18.5. The highest BCUT2D eigenvalue weighted by Crippen LogP contribution is 2.22. The first-order valence-electron chi connectivity index (χ1n) is 6.91. The molecule has 25 heavy (non-hydrogen) atoms. The molecule has 8 nitrogen and oxygen atoms in total. The Kier molecular flexibility index (Phi) is 5.14. The van der Waals surface area contributed by atoms with Gasteiger partial charge in [-0.15, -0.1) is 0 Å². The summed E-state index contributed by atoms with van der Waals surface area (Å²) < 4.78 is 38.3. The minimum Gasteiger partial charge on any atom is -0.322 e. The first-order chi connectivity index (χ1) is 11.6. The molecular formula is C15H14FN3O5S. The standard InChI is InChI=1S/C15H14FN3O5S/c1-18(2)25(23,24)12-6-3-10(4-7-12)15(20)17-11-5-8-13(16)14(9-11)19(21)22/h3-9H,1-2H3,(H,17,20). The van der Waals surface area contributed by atoms with Gasteiger partial charge in [0.15, 0.2) is 0 Å². The van der Waals surface area contributed by atoms with E-state index in [4.69, 9.17) is 0 Å². The van der Waals surface area contributed by atoms with E-state index in [0.29, 0.717) is 0 Å². The molecular weight excluding hydrogens is 353 g/mol. The number of nitro groups is 1. The van der Waals surface area contributed by atoms with E-state index in [-0.39, 0.29) is 16.1 Å². The number of sulfonamides is 1. The largest absolute Gasteiger partial charge is 0.322 e. The van der Waals surface area contributed by atoms with Gasteiger partial charge in [0, 0.05) is 31.4 Å². The second-order valence-electron chi connectivity index (χ2n) is 5.19. The Labute approximate surface area is 143 Å². The molecule has 0 aliphatic heterocycles. The number of carbonyl (C=O) groups is 1.